The van der Waals surface area contributed by atoms with Gasteiger partial charge in [-0.05, 0) is 43.2 Å². The Hall–Kier alpha value is -1.66. The number of nitrogen functional groups attached to an aromatic ring is 1. The van der Waals surface area contributed by atoms with E-state index in [1.54, 1.807) is 18.3 Å². The Morgan fingerprint density at radius 1 is 1.35 bits per heavy atom. The second-order valence-electron chi connectivity index (χ2n) is 7.08. The summed E-state index contributed by atoms with van der Waals surface area (Å²) in [6.07, 6.45) is 4.87. The number of likely N-dealkylation sites (tertiary alicyclic amines) is 1. The summed E-state index contributed by atoms with van der Waals surface area (Å²) < 4.78 is 0. The van der Waals surface area contributed by atoms with Gasteiger partial charge in [-0.3, -0.25) is 15.6 Å². The van der Waals surface area contributed by atoms with Crippen molar-refractivity contribution in [3.8, 4) is 0 Å². The van der Waals surface area contributed by atoms with Gasteiger partial charge in [0.25, 0.3) is 5.91 Å². The van der Waals surface area contributed by atoms with Crippen LogP contribution in [0.3, 0.4) is 0 Å². The van der Waals surface area contributed by atoms with Gasteiger partial charge in [0.05, 0.1) is 0 Å². The molecule has 23 heavy (non-hydrogen) atoms. The summed E-state index contributed by atoms with van der Waals surface area (Å²) in [6, 6.07) is 4.47. The van der Waals surface area contributed by atoms with Crippen LogP contribution < -0.4 is 16.6 Å². The summed E-state index contributed by atoms with van der Waals surface area (Å²) in [7, 11) is 0. The van der Waals surface area contributed by atoms with Crippen LogP contribution in [0.5, 0.6) is 0 Å². The third-order valence-corrected chi connectivity index (χ3v) is 5.19. The average molecular weight is 317 g/mol. The van der Waals surface area contributed by atoms with Crippen LogP contribution in [-0.2, 0) is 0 Å². The van der Waals surface area contributed by atoms with E-state index in [-0.39, 0.29) is 5.91 Å². The molecule has 3 rings (SSSR count). The van der Waals surface area contributed by atoms with Crippen LogP contribution in [0.4, 0.5) is 5.82 Å². The third kappa shape index (κ3) is 3.64. The van der Waals surface area contributed by atoms with E-state index < -0.39 is 0 Å². The fraction of sp³-hybridized carbons (Fsp3) is 0.647. The molecule has 2 aliphatic rings. The Morgan fingerprint density at radius 2 is 2.09 bits per heavy atom. The molecule has 0 aliphatic carbocycles. The molecule has 0 radical (unpaired) electrons. The Bertz CT molecular complexity index is 554. The molecule has 0 aromatic carbocycles. The molecule has 2 saturated heterocycles. The number of pyridine rings is 1. The fourth-order valence-electron chi connectivity index (χ4n) is 3.62. The molecule has 2 aliphatic heterocycles. The van der Waals surface area contributed by atoms with Crippen molar-refractivity contribution in [3.63, 3.8) is 0 Å². The van der Waals surface area contributed by atoms with Gasteiger partial charge < -0.3 is 10.6 Å². The van der Waals surface area contributed by atoms with Crippen LogP contribution in [0.25, 0.3) is 0 Å². The summed E-state index contributed by atoms with van der Waals surface area (Å²) in [5, 5.41) is 0. The quantitative estimate of drug-likeness (QED) is 0.785. The second kappa shape index (κ2) is 6.84. The molecule has 4 N–H and O–H groups in total. The van der Waals surface area contributed by atoms with E-state index >= 15 is 0 Å². The molecule has 1 aromatic rings. The first-order chi connectivity index (χ1) is 11.0. The van der Waals surface area contributed by atoms with Gasteiger partial charge in [-0.2, -0.15) is 0 Å². The average Bonchev–Trinajstić information content (AvgIpc) is 3.04. The van der Waals surface area contributed by atoms with Crippen molar-refractivity contribution in [1.82, 2.24) is 20.7 Å². The zero-order valence-electron chi connectivity index (χ0n) is 14.0. The number of rotatable bonds is 3. The number of carbonyl (C=O) groups is 1. The Kier molecular flexibility index (Phi) is 4.82. The molecule has 0 bridgehead atoms. The van der Waals surface area contributed by atoms with Gasteiger partial charge in [0.2, 0.25) is 0 Å². The number of carbonyl (C=O) groups excluding carboxylic acids is 1. The molecule has 3 heterocycles. The number of hydrogen-bond donors (Lipinski definition) is 3. The summed E-state index contributed by atoms with van der Waals surface area (Å²) >= 11 is 0. The minimum absolute atomic E-state index is 0.0649. The molecule has 2 unspecified atom stereocenters. The van der Waals surface area contributed by atoms with Crippen LogP contribution in [0.1, 0.15) is 43.5 Å². The van der Waals surface area contributed by atoms with Crippen molar-refractivity contribution in [2.24, 2.45) is 11.8 Å². The minimum atomic E-state index is 0.0649. The number of piperidine rings is 1. The SMILES string of the molecule is CC(C)C1CC(C2CCN(C(=O)c3ccnc(N)c3)CC2)NN1. The Morgan fingerprint density at radius 3 is 2.70 bits per heavy atom. The number of nitrogens with two attached hydrogens (primary N) is 1. The van der Waals surface area contributed by atoms with Crippen molar-refractivity contribution in [2.75, 3.05) is 18.8 Å². The van der Waals surface area contributed by atoms with Crippen LogP contribution >= 0.6 is 0 Å². The highest BCUT2D eigenvalue weighted by molar-refractivity contribution is 5.94. The first-order valence-corrected chi connectivity index (χ1v) is 8.56. The normalized spacial score (nSPS) is 26.0. The largest absolute Gasteiger partial charge is 0.384 e. The second-order valence-corrected chi connectivity index (χ2v) is 7.08. The highest BCUT2D eigenvalue weighted by Crippen LogP contribution is 2.27. The zero-order valence-corrected chi connectivity index (χ0v) is 14.0. The van der Waals surface area contributed by atoms with Gasteiger partial charge >= 0.3 is 0 Å². The molecule has 0 spiro atoms. The van der Waals surface area contributed by atoms with E-state index in [9.17, 15) is 4.79 Å². The number of hydrazine groups is 1. The number of nitrogens with zero attached hydrogens (tertiary/aromatic N) is 2. The molecular formula is C17H27N5O. The molecule has 6 heteroatoms. The van der Waals surface area contributed by atoms with E-state index in [0.717, 1.165) is 25.9 Å². The van der Waals surface area contributed by atoms with Crippen molar-refractivity contribution >= 4 is 11.7 Å². The van der Waals surface area contributed by atoms with Gasteiger partial charge in [0.1, 0.15) is 5.82 Å². The van der Waals surface area contributed by atoms with E-state index in [0.29, 0.717) is 35.3 Å². The highest BCUT2D eigenvalue weighted by Gasteiger charge is 2.34. The zero-order chi connectivity index (χ0) is 16.4. The van der Waals surface area contributed by atoms with Crippen LogP contribution in [0, 0.1) is 11.8 Å². The molecule has 1 aromatic heterocycles. The van der Waals surface area contributed by atoms with Crippen LogP contribution in [0.15, 0.2) is 18.3 Å². The van der Waals surface area contributed by atoms with Gasteiger partial charge in [0, 0.05) is 36.9 Å². The molecule has 126 valence electrons. The van der Waals surface area contributed by atoms with Gasteiger partial charge in [-0.1, -0.05) is 13.8 Å². The van der Waals surface area contributed by atoms with E-state index in [1.165, 1.54) is 6.42 Å². The molecule has 2 fully saturated rings. The minimum Gasteiger partial charge on any atom is -0.384 e. The predicted octanol–water partition coefficient (Wildman–Crippen LogP) is 1.41. The van der Waals surface area contributed by atoms with Crippen LogP contribution in [-0.4, -0.2) is 41.0 Å². The monoisotopic (exact) mass is 317 g/mol. The lowest BCUT2D eigenvalue weighted by Crippen LogP contribution is -2.44. The van der Waals surface area contributed by atoms with Crippen LogP contribution in [0.2, 0.25) is 0 Å². The first kappa shape index (κ1) is 16.2. The molecule has 0 saturated carbocycles. The number of nitrogens with one attached hydrogen (secondary N) is 2. The molecule has 6 nitrogen and oxygen atoms in total. The standard InChI is InChI=1S/C17H27N5O/c1-11(2)14-10-15(21-20-14)12-4-7-22(8-5-12)17(23)13-3-6-19-16(18)9-13/h3,6,9,11-12,14-15,20-21H,4-5,7-8,10H2,1-2H3,(H2,18,19). The van der Waals surface area contributed by atoms with E-state index in [1.807, 2.05) is 4.90 Å². The highest BCUT2D eigenvalue weighted by atomic mass is 16.2. The van der Waals surface area contributed by atoms with Crippen molar-refractivity contribution in [3.05, 3.63) is 23.9 Å². The topological polar surface area (TPSA) is 83.3 Å². The maximum atomic E-state index is 12.5. The van der Waals surface area contributed by atoms with Gasteiger partial charge in [-0.15, -0.1) is 0 Å². The molecule has 1 amide bonds. The Balaban J connectivity index is 1.53. The van der Waals surface area contributed by atoms with Crippen molar-refractivity contribution in [2.45, 2.75) is 45.2 Å². The van der Waals surface area contributed by atoms with Crippen molar-refractivity contribution in [1.29, 1.82) is 0 Å². The number of amides is 1. The fourth-order valence-corrected chi connectivity index (χ4v) is 3.62. The summed E-state index contributed by atoms with van der Waals surface area (Å²) in [5.74, 6) is 1.74. The maximum Gasteiger partial charge on any atom is 0.254 e. The predicted molar refractivity (Wildman–Crippen MR) is 90.6 cm³/mol. The van der Waals surface area contributed by atoms with Gasteiger partial charge in [-0.25, -0.2) is 4.98 Å². The lowest BCUT2D eigenvalue weighted by atomic mass is 9.85. The number of hydrogen-bond acceptors (Lipinski definition) is 5. The van der Waals surface area contributed by atoms with E-state index in [2.05, 4.69) is 29.7 Å². The smallest absolute Gasteiger partial charge is 0.254 e. The third-order valence-electron chi connectivity index (χ3n) is 5.19. The summed E-state index contributed by atoms with van der Waals surface area (Å²) in [4.78, 5) is 18.4. The summed E-state index contributed by atoms with van der Waals surface area (Å²) in [6.45, 7) is 6.14. The summed E-state index contributed by atoms with van der Waals surface area (Å²) in [5.41, 5.74) is 13.2. The first-order valence-electron chi connectivity index (χ1n) is 8.56. The lowest BCUT2D eigenvalue weighted by Gasteiger charge is -2.34. The van der Waals surface area contributed by atoms with Gasteiger partial charge in [0.15, 0.2) is 0 Å². The van der Waals surface area contributed by atoms with Crippen molar-refractivity contribution < 1.29 is 4.79 Å². The molecule has 2 atom stereocenters. The Labute approximate surface area is 137 Å². The number of anilines is 1. The number of aromatic nitrogens is 1. The lowest BCUT2D eigenvalue weighted by molar-refractivity contribution is 0.0673. The molecular weight excluding hydrogens is 290 g/mol. The van der Waals surface area contributed by atoms with E-state index in [4.69, 9.17) is 5.73 Å². The maximum absolute atomic E-state index is 12.5.